The first-order valence-electron chi connectivity index (χ1n) is 6.94. The standard InChI is InChI=1S/C15H21N3O2.ClH/c1-9-4-2-7-12(14(9)15(17)20)18-13(19)8-10-5-3-6-11(10)16;/h2,4,7,10-11H,3,5-6,8,16H2,1H3,(H2,17,20)(H,18,19);1H/t10-,11+;/m0./s1. The minimum Gasteiger partial charge on any atom is -0.366 e. The summed E-state index contributed by atoms with van der Waals surface area (Å²) in [5.74, 6) is -0.409. The summed E-state index contributed by atoms with van der Waals surface area (Å²) < 4.78 is 0. The van der Waals surface area contributed by atoms with E-state index in [1.165, 1.54) is 0 Å². The first-order valence-corrected chi connectivity index (χ1v) is 6.94. The second-order valence-electron chi connectivity index (χ2n) is 5.47. The second kappa shape index (κ2) is 7.43. The van der Waals surface area contributed by atoms with Gasteiger partial charge in [-0.05, 0) is 37.3 Å². The molecule has 0 bridgehead atoms. The Bertz CT molecular complexity index is 534. The summed E-state index contributed by atoms with van der Waals surface area (Å²) in [6.07, 6.45) is 3.45. The highest BCUT2D eigenvalue weighted by atomic mass is 35.5. The van der Waals surface area contributed by atoms with Gasteiger partial charge in [-0.15, -0.1) is 12.4 Å². The molecule has 21 heavy (non-hydrogen) atoms. The predicted octanol–water partition coefficient (Wildman–Crippen LogP) is 1.97. The van der Waals surface area contributed by atoms with Crippen molar-refractivity contribution in [3.05, 3.63) is 29.3 Å². The molecule has 2 amide bonds. The van der Waals surface area contributed by atoms with Crippen molar-refractivity contribution in [2.45, 2.75) is 38.6 Å². The number of hydrogen-bond donors (Lipinski definition) is 3. The molecule has 5 N–H and O–H groups in total. The molecule has 1 fully saturated rings. The molecule has 116 valence electrons. The van der Waals surface area contributed by atoms with Crippen molar-refractivity contribution < 1.29 is 9.59 Å². The Labute approximate surface area is 130 Å². The van der Waals surface area contributed by atoms with E-state index in [0.717, 1.165) is 24.8 Å². The summed E-state index contributed by atoms with van der Waals surface area (Å²) in [6, 6.07) is 5.38. The van der Waals surface area contributed by atoms with E-state index in [2.05, 4.69) is 5.32 Å². The van der Waals surface area contributed by atoms with E-state index in [-0.39, 0.29) is 30.3 Å². The van der Waals surface area contributed by atoms with E-state index in [4.69, 9.17) is 11.5 Å². The maximum absolute atomic E-state index is 12.1. The molecule has 1 aromatic rings. The third-order valence-electron chi connectivity index (χ3n) is 3.96. The lowest BCUT2D eigenvalue weighted by Gasteiger charge is -2.16. The molecule has 0 saturated heterocycles. The molecule has 6 heteroatoms. The Hall–Kier alpha value is -1.59. The molecule has 0 aromatic heterocycles. The number of anilines is 1. The number of primary amides is 1. The Morgan fingerprint density at radius 3 is 2.62 bits per heavy atom. The van der Waals surface area contributed by atoms with Gasteiger partial charge in [0.1, 0.15) is 0 Å². The number of hydrogen-bond acceptors (Lipinski definition) is 3. The topological polar surface area (TPSA) is 98.2 Å². The Morgan fingerprint density at radius 1 is 1.33 bits per heavy atom. The number of carbonyl (C=O) groups excluding carboxylic acids is 2. The molecule has 1 aromatic carbocycles. The highest BCUT2D eigenvalue weighted by Gasteiger charge is 2.26. The van der Waals surface area contributed by atoms with Gasteiger partial charge in [0.15, 0.2) is 0 Å². The SMILES string of the molecule is Cc1cccc(NC(=O)C[C@@H]2CCC[C@H]2N)c1C(N)=O.Cl. The molecule has 1 saturated carbocycles. The molecule has 0 aliphatic heterocycles. The van der Waals surface area contributed by atoms with Crippen molar-refractivity contribution >= 4 is 29.9 Å². The van der Waals surface area contributed by atoms with Crippen LogP contribution in [0, 0.1) is 12.8 Å². The second-order valence-corrected chi connectivity index (χ2v) is 5.47. The van der Waals surface area contributed by atoms with Gasteiger partial charge in [0.25, 0.3) is 5.91 Å². The average molecular weight is 312 g/mol. The molecule has 1 aliphatic rings. The molecule has 2 rings (SSSR count). The molecular weight excluding hydrogens is 290 g/mol. The Balaban J connectivity index is 0.00000220. The number of benzene rings is 1. The van der Waals surface area contributed by atoms with Crippen LogP contribution in [-0.4, -0.2) is 17.9 Å². The lowest BCUT2D eigenvalue weighted by Crippen LogP contribution is -2.28. The van der Waals surface area contributed by atoms with Gasteiger partial charge < -0.3 is 16.8 Å². The van der Waals surface area contributed by atoms with Crippen LogP contribution in [0.4, 0.5) is 5.69 Å². The van der Waals surface area contributed by atoms with Crippen LogP contribution in [-0.2, 0) is 4.79 Å². The smallest absolute Gasteiger partial charge is 0.251 e. The summed E-state index contributed by atoms with van der Waals surface area (Å²) in [6.45, 7) is 1.79. The lowest BCUT2D eigenvalue weighted by molar-refractivity contribution is -0.117. The predicted molar refractivity (Wildman–Crippen MR) is 85.5 cm³/mol. The summed E-state index contributed by atoms with van der Waals surface area (Å²) in [7, 11) is 0. The molecule has 0 radical (unpaired) electrons. The van der Waals surface area contributed by atoms with Crippen molar-refractivity contribution in [3.8, 4) is 0 Å². The molecule has 0 heterocycles. The zero-order chi connectivity index (χ0) is 14.7. The van der Waals surface area contributed by atoms with Crippen LogP contribution < -0.4 is 16.8 Å². The van der Waals surface area contributed by atoms with Crippen LogP contribution >= 0.6 is 12.4 Å². The van der Waals surface area contributed by atoms with Gasteiger partial charge in [-0.2, -0.15) is 0 Å². The molecule has 0 unspecified atom stereocenters. The number of aryl methyl sites for hydroxylation is 1. The normalized spacial score (nSPS) is 20.7. The first kappa shape index (κ1) is 17.5. The maximum atomic E-state index is 12.1. The third kappa shape index (κ3) is 4.19. The van der Waals surface area contributed by atoms with Crippen molar-refractivity contribution in [1.29, 1.82) is 0 Å². The maximum Gasteiger partial charge on any atom is 0.251 e. The van der Waals surface area contributed by atoms with Gasteiger partial charge in [0.05, 0.1) is 11.3 Å². The van der Waals surface area contributed by atoms with Crippen LogP contribution in [0.5, 0.6) is 0 Å². The van der Waals surface area contributed by atoms with Crippen molar-refractivity contribution in [2.24, 2.45) is 17.4 Å². The number of nitrogens with two attached hydrogens (primary N) is 2. The Morgan fingerprint density at radius 2 is 2.05 bits per heavy atom. The number of carbonyl (C=O) groups is 2. The van der Waals surface area contributed by atoms with Crippen LogP contribution in [0.1, 0.15) is 41.6 Å². The molecule has 1 aliphatic carbocycles. The zero-order valence-electron chi connectivity index (χ0n) is 12.1. The van der Waals surface area contributed by atoms with Crippen LogP contribution in [0.25, 0.3) is 0 Å². The first-order chi connectivity index (χ1) is 9.49. The number of rotatable bonds is 4. The largest absolute Gasteiger partial charge is 0.366 e. The number of amides is 2. The van der Waals surface area contributed by atoms with Gasteiger partial charge in [-0.25, -0.2) is 0 Å². The lowest BCUT2D eigenvalue weighted by atomic mass is 9.99. The van der Waals surface area contributed by atoms with Crippen LogP contribution in [0.3, 0.4) is 0 Å². The van der Waals surface area contributed by atoms with Crippen molar-refractivity contribution in [2.75, 3.05) is 5.32 Å². The number of nitrogens with one attached hydrogen (secondary N) is 1. The van der Waals surface area contributed by atoms with Crippen molar-refractivity contribution in [3.63, 3.8) is 0 Å². The van der Waals surface area contributed by atoms with E-state index in [9.17, 15) is 9.59 Å². The van der Waals surface area contributed by atoms with Crippen LogP contribution in [0.15, 0.2) is 18.2 Å². The third-order valence-corrected chi connectivity index (χ3v) is 3.96. The summed E-state index contributed by atoms with van der Waals surface area (Å²) in [5, 5.41) is 2.78. The quantitative estimate of drug-likeness (QED) is 0.792. The highest BCUT2D eigenvalue weighted by Crippen LogP contribution is 2.27. The minimum atomic E-state index is -0.532. The van der Waals surface area contributed by atoms with Gasteiger partial charge >= 0.3 is 0 Å². The molecule has 2 atom stereocenters. The zero-order valence-corrected chi connectivity index (χ0v) is 12.9. The van der Waals surface area contributed by atoms with E-state index in [0.29, 0.717) is 17.7 Å². The van der Waals surface area contributed by atoms with Crippen molar-refractivity contribution in [1.82, 2.24) is 0 Å². The fourth-order valence-corrected chi connectivity index (χ4v) is 2.86. The minimum absolute atomic E-state index is 0. The van der Waals surface area contributed by atoms with E-state index < -0.39 is 5.91 Å². The van der Waals surface area contributed by atoms with E-state index in [1.807, 2.05) is 0 Å². The monoisotopic (exact) mass is 311 g/mol. The fourth-order valence-electron chi connectivity index (χ4n) is 2.86. The van der Waals surface area contributed by atoms with Gasteiger partial charge in [0.2, 0.25) is 5.91 Å². The number of halogens is 1. The van der Waals surface area contributed by atoms with Crippen LogP contribution in [0.2, 0.25) is 0 Å². The van der Waals surface area contributed by atoms with E-state index in [1.54, 1.807) is 25.1 Å². The summed E-state index contributed by atoms with van der Waals surface area (Å²) >= 11 is 0. The van der Waals surface area contributed by atoms with Gasteiger partial charge in [-0.3, -0.25) is 9.59 Å². The average Bonchev–Trinajstić information content (AvgIpc) is 2.74. The molecule has 5 nitrogen and oxygen atoms in total. The molecule has 0 spiro atoms. The summed E-state index contributed by atoms with van der Waals surface area (Å²) in [5.41, 5.74) is 12.9. The van der Waals surface area contributed by atoms with Gasteiger partial charge in [0, 0.05) is 12.5 Å². The highest BCUT2D eigenvalue weighted by molar-refractivity contribution is 6.04. The summed E-state index contributed by atoms with van der Waals surface area (Å²) in [4.78, 5) is 23.6. The Kier molecular flexibility index (Phi) is 6.18. The fraction of sp³-hybridized carbons (Fsp3) is 0.467. The van der Waals surface area contributed by atoms with E-state index >= 15 is 0 Å². The molecular formula is C15H22ClN3O2. The van der Waals surface area contributed by atoms with Gasteiger partial charge in [-0.1, -0.05) is 18.6 Å².